The molecule has 0 bridgehead atoms. The van der Waals surface area contributed by atoms with Crippen LogP contribution in [0.2, 0.25) is 0 Å². The van der Waals surface area contributed by atoms with Crippen LogP contribution < -0.4 is 4.74 Å². The van der Waals surface area contributed by atoms with E-state index in [1.165, 1.54) is 24.3 Å². The van der Waals surface area contributed by atoms with Gasteiger partial charge in [0.1, 0.15) is 11.5 Å². The van der Waals surface area contributed by atoms with Gasteiger partial charge in [-0.25, -0.2) is 13.2 Å². The third-order valence-electron chi connectivity index (χ3n) is 4.71. The number of carboxylic acid groups (broad SMARTS) is 1. The van der Waals surface area contributed by atoms with Crippen LogP contribution in [0.1, 0.15) is 28.4 Å². The maximum atomic E-state index is 13.1. The molecule has 0 atom stereocenters. The van der Waals surface area contributed by atoms with Crippen molar-refractivity contribution in [3.63, 3.8) is 0 Å². The molecule has 6 nitrogen and oxygen atoms in total. The zero-order valence-electron chi connectivity index (χ0n) is 18.0. The first kappa shape index (κ1) is 25.6. The molecule has 34 heavy (non-hydrogen) atoms. The fourth-order valence-corrected chi connectivity index (χ4v) is 5.54. The summed E-state index contributed by atoms with van der Waals surface area (Å²) in [6.45, 7) is 3.35. The molecule has 0 spiro atoms. The Labute approximate surface area is 199 Å². The molecule has 0 aliphatic rings. The molecule has 0 amide bonds. The van der Waals surface area contributed by atoms with E-state index in [0.717, 1.165) is 33.9 Å². The topological polar surface area (TPSA) is 83.9 Å². The fourth-order valence-electron chi connectivity index (χ4n) is 2.93. The van der Waals surface area contributed by atoms with Gasteiger partial charge in [0.05, 0.1) is 16.0 Å². The number of hydrogen-bond donors (Lipinski definition) is 1. The van der Waals surface area contributed by atoms with Crippen molar-refractivity contribution < 1.29 is 36.2 Å². The number of sulfonamides is 1. The van der Waals surface area contributed by atoms with Crippen LogP contribution in [0, 0.1) is 6.92 Å². The summed E-state index contributed by atoms with van der Waals surface area (Å²) in [6.07, 6.45) is -4.43. The van der Waals surface area contributed by atoms with E-state index < -0.39 is 27.7 Å². The van der Waals surface area contributed by atoms with Crippen molar-refractivity contribution in [2.24, 2.45) is 0 Å². The van der Waals surface area contributed by atoms with Gasteiger partial charge in [-0.3, -0.25) is 0 Å². The molecule has 0 saturated carbocycles. The Bertz CT molecular complexity index is 1280. The Kier molecular flexibility index (Phi) is 7.59. The van der Waals surface area contributed by atoms with E-state index in [4.69, 9.17) is 4.74 Å². The van der Waals surface area contributed by atoms with Crippen molar-refractivity contribution in [2.75, 3.05) is 6.54 Å². The van der Waals surface area contributed by atoms with E-state index in [2.05, 4.69) is 0 Å². The lowest BCUT2D eigenvalue weighted by Crippen LogP contribution is -2.24. The lowest BCUT2D eigenvalue weighted by Gasteiger charge is -2.20. The van der Waals surface area contributed by atoms with Crippen LogP contribution in [0.15, 0.2) is 76.5 Å². The molecule has 0 aromatic heterocycles. The minimum atomic E-state index is -4.43. The molecule has 1 N–H and O–H groups in total. The monoisotopic (exact) mass is 511 g/mol. The minimum absolute atomic E-state index is 0.0908. The maximum Gasteiger partial charge on any atom is 0.416 e. The highest BCUT2D eigenvalue weighted by Crippen LogP contribution is 2.33. The average Bonchev–Trinajstić information content (AvgIpc) is 2.78. The van der Waals surface area contributed by atoms with Crippen molar-refractivity contribution in [3.8, 4) is 11.5 Å². The Morgan fingerprint density at radius 1 is 1.00 bits per heavy atom. The highest BCUT2D eigenvalue weighted by atomic mass is 32.3. The maximum absolute atomic E-state index is 13.1. The molecule has 0 aliphatic heterocycles. The number of aryl methyl sites for hydroxylation is 1. The summed E-state index contributed by atoms with van der Waals surface area (Å²) >= 11 is 0.946. The van der Waals surface area contributed by atoms with Gasteiger partial charge in [0.25, 0.3) is 10.0 Å². The number of alkyl halides is 3. The van der Waals surface area contributed by atoms with Crippen LogP contribution in [0.4, 0.5) is 13.2 Å². The van der Waals surface area contributed by atoms with Gasteiger partial charge in [-0.05, 0) is 85.1 Å². The number of aromatic carboxylic acids is 1. The van der Waals surface area contributed by atoms with Gasteiger partial charge in [0, 0.05) is 11.4 Å². The highest BCUT2D eigenvalue weighted by Gasteiger charge is 2.30. The Morgan fingerprint density at radius 3 is 2.06 bits per heavy atom. The van der Waals surface area contributed by atoms with Gasteiger partial charge in [0.2, 0.25) is 0 Å². The molecule has 11 heteroatoms. The van der Waals surface area contributed by atoms with Crippen molar-refractivity contribution in [3.05, 3.63) is 83.4 Å². The van der Waals surface area contributed by atoms with Gasteiger partial charge in [-0.15, -0.1) is 3.71 Å². The predicted octanol–water partition coefficient (Wildman–Crippen LogP) is 6.22. The first-order valence-corrected chi connectivity index (χ1v) is 12.1. The van der Waals surface area contributed by atoms with Gasteiger partial charge in [-0.2, -0.15) is 13.2 Å². The van der Waals surface area contributed by atoms with E-state index in [-0.39, 0.29) is 22.8 Å². The largest absolute Gasteiger partial charge is 0.478 e. The predicted molar refractivity (Wildman–Crippen MR) is 122 cm³/mol. The van der Waals surface area contributed by atoms with Gasteiger partial charge in [-0.1, -0.05) is 13.0 Å². The molecule has 3 rings (SSSR count). The Morgan fingerprint density at radius 2 is 1.56 bits per heavy atom. The van der Waals surface area contributed by atoms with Gasteiger partial charge < -0.3 is 9.84 Å². The summed E-state index contributed by atoms with van der Waals surface area (Å²) in [5.74, 6) is -0.631. The van der Waals surface area contributed by atoms with Crippen LogP contribution in [0.5, 0.6) is 11.5 Å². The summed E-state index contributed by atoms with van der Waals surface area (Å²) < 4.78 is 70.8. The minimum Gasteiger partial charge on any atom is -0.478 e. The third kappa shape index (κ3) is 5.91. The first-order chi connectivity index (χ1) is 15.9. The van der Waals surface area contributed by atoms with E-state index >= 15 is 0 Å². The standard InChI is InChI=1S/C23H20F3NO5S2/c1-3-27(34(30,31)20-13-4-15(2)21(14-20)22(28)29)33-19-11-9-18(10-12-19)32-17-7-5-16(6-8-17)23(24,25)26/h4-14H,3H2,1-2H3,(H,28,29). The number of carboxylic acids is 1. The summed E-state index contributed by atoms with van der Waals surface area (Å²) in [5, 5.41) is 9.29. The van der Waals surface area contributed by atoms with Crippen LogP contribution in [0.3, 0.4) is 0 Å². The molecule has 0 heterocycles. The second-order valence-corrected chi connectivity index (χ2v) is 10.3. The number of rotatable bonds is 8. The van der Waals surface area contributed by atoms with Gasteiger partial charge in [0.15, 0.2) is 0 Å². The number of nitrogens with zero attached hydrogens (tertiary/aromatic N) is 1. The van der Waals surface area contributed by atoms with E-state index in [0.29, 0.717) is 16.2 Å². The van der Waals surface area contributed by atoms with Crippen molar-refractivity contribution in [1.29, 1.82) is 0 Å². The smallest absolute Gasteiger partial charge is 0.416 e. The lowest BCUT2D eigenvalue weighted by molar-refractivity contribution is -0.137. The molecule has 0 unspecified atom stereocenters. The summed E-state index contributed by atoms with van der Waals surface area (Å²) in [6, 6.07) is 14.6. The zero-order chi connectivity index (χ0) is 25.1. The zero-order valence-corrected chi connectivity index (χ0v) is 19.7. The molecule has 180 valence electrons. The van der Waals surface area contributed by atoms with Crippen LogP contribution >= 0.6 is 11.9 Å². The molecular formula is C23H20F3NO5S2. The molecular weight excluding hydrogens is 491 g/mol. The number of benzene rings is 3. The quantitative estimate of drug-likeness (QED) is 0.362. The van der Waals surface area contributed by atoms with Crippen LogP contribution in [0.25, 0.3) is 0 Å². The Balaban J connectivity index is 1.74. The second kappa shape index (κ2) is 10.1. The lowest BCUT2D eigenvalue weighted by atomic mass is 10.1. The molecule has 3 aromatic rings. The normalized spacial score (nSPS) is 12.1. The average molecular weight is 512 g/mol. The van der Waals surface area contributed by atoms with Crippen molar-refractivity contribution >= 4 is 27.9 Å². The molecule has 0 saturated heterocycles. The third-order valence-corrected chi connectivity index (χ3v) is 8.11. The van der Waals surface area contributed by atoms with Crippen molar-refractivity contribution in [2.45, 2.75) is 29.8 Å². The number of hydrogen-bond acceptors (Lipinski definition) is 5. The molecule has 0 fully saturated rings. The van der Waals surface area contributed by atoms with Gasteiger partial charge >= 0.3 is 12.1 Å². The van der Waals surface area contributed by atoms with Crippen LogP contribution in [-0.2, 0) is 16.2 Å². The van der Waals surface area contributed by atoms with E-state index in [9.17, 15) is 31.5 Å². The SMILES string of the molecule is CCN(Sc1ccc(Oc2ccc(C(F)(F)F)cc2)cc1)S(=O)(=O)c1ccc(C)c(C(=O)O)c1. The van der Waals surface area contributed by atoms with Crippen LogP contribution in [-0.4, -0.2) is 29.7 Å². The first-order valence-electron chi connectivity index (χ1n) is 9.91. The summed E-state index contributed by atoms with van der Waals surface area (Å²) in [4.78, 5) is 11.8. The number of halogens is 3. The van der Waals surface area contributed by atoms with Crippen molar-refractivity contribution in [1.82, 2.24) is 3.71 Å². The number of carbonyl (C=O) groups is 1. The van der Waals surface area contributed by atoms with E-state index in [1.807, 2.05) is 0 Å². The molecule has 0 aliphatic carbocycles. The fraction of sp³-hybridized carbons (Fsp3) is 0.174. The number of ether oxygens (including phenoxy) is 1. The Hall–Kier alpha value is -3.02. The summed E-state index contributed by atoms with van der Waals surface area (Å²) in [5.41, 5.74) is -0.422. The second-order valence-electron chi connectivity index (χ2n) is 7.09. The highest BCUT2D eigenvalue weighted by molar-refractivity contribution is 8.08. The molecule has 0 radical (unpaired) electrons. The molecule has 3 aromatic carbocycles. The summed E-state index contributed by atoms with van der Waals surface area (Å²) in [7, 11) is -3.99. The van der Waals surface area contributed by atoms with E-state index in [1.54, 1.807) is 38.1 Å².